The Morgan fingerprint density at radius 3 is 2.38 bits per heavy atom. The molecule has 0 bridgehead atoms. The van der Waals surface area contributed by atoms with Crippen LogP contribution < -0.4 is 9.64 Å². The number of carbonyl (C=O) groups is 3. The molecule has 7 heteroatoms. The zero-order valence-corrected chi connectivity index (χ0v) is 22.6. The Balaban J connectivity index is 1.80. The van der Waals surface area contributed by atoms with Crippen LogP contribution in [0, 0.1) is 12.8 Å². The highest BCUT2D eigenvalue weighted by Gasteiger charge is 2.47. The van der Waals surface area contributed by atoms with Crippen LogP contribution in [-0.4, -0.2) is 36.0 Å². The number of aliphatic hydroxyl groups excluding tert-OH is 1. The highest BCUT2D eigenvalue weighted by Crippen LogP contribution is 2.42. The van der Waals surface area contributed by atoms with Gasteiger partial charge in [-0.3, -0.25) is 14.5 Å². The fraction of sp³-hybridized carbons (Fsp3) is 0.281. The van der Waals surface area contributed by atoms with Crippen molar-refractivity contribution in [2.24, 2.45) is 5.92 Å². The number of aliphatic hydroxyl groups is 1. The Kier molecular flexibility index (Phi) is 8.49. The second-order valence-corrected chi connectivity index (χ2v) is 9.95. The van der Waals surface area contributed by atoms with E-state index in [2.05, 4.69) is 13.8 Å². The van der Waals surface area contributed by atoms with Crippen LogP contribution in [0.1, 0.15) is 60.3 Å². The molecular weight excluding hydrogens is 494 g/mol. The number of anilines is 1. The van der Waals surface area contributed by atoms with Gasteiger partial charge in [0, 0.05) is 11.3 Å². The minimum absolute atomic E-state index is 0.0274. The summed E-state index contributed by atoms with van der Waals surface area (Å²) in [6.07, 6.45) is 0.679. The Morgan fingerprint density at radius 1 is 0.974 bits per heavy atom. The summed E-state index contributed by atoms with van der Waals surface area (Å²) in [5, 5.41) is 11.4. The van der Waals surface area contributed by atoms with Gasteiger partial charge in [-0.05, 0) is 66.8 Å². The maximum atomic E-state index is 13.5. The van der Waals surface area contributed by atoms with E-state index in [4.69, 9.17) is 9.47 Å². The van der Waals surface area contributed by atoms with Crippen molar-refractivity contribution in [2.75, 3.05) is 18.1 Å². The van der Waals surface area contributed by atoms with E-state index in [9.17, 15) is 19.5 Å². The van der Waals surface area contributed by atoms with Crippen LogP contribution >= 0.6 is 0 Å². The van der Waals surface area contributed by atoms with Crippen molar-refractivity contribution < 1.29 is 29.0 Å². The van der Waals surface area contributed by atoms with Crippen molar-refractivity contribution in [1.29, 1.82) is 0 Å². The summed E-state index contributed by atoms with van der Waals surface area (Å²) in [7, 11) is 0. The van der Waals surface area contributed by atoms with Crippen molar-refractivity contribution >= 4 is 29.1 Å². The fourth-order valence-corrected chi connectivity index (χ4v) is 4.48. The SMILES string of the molecule is CCCOC(=O)c1cccc(N2C(=O)C(=O)/C(=C(/O)c3ccc(OCC(C)C)c(C)c3)C2c2ccccc2)c1. The molecule has 3 aromatic carbocycles. The van der Waals surface area contributed by atoms with E-state index in [1.807, 2.05) is 19.9 Å². The molecule has 1 aliphatic rings. The van der Waals surface area contributed by atoms with Gasteiger partial charge in [-0.15, -0.1) is 0 Å². The summed E-state index contributed by atoms with van der Waals surface area (Å²) < 4.78 is 11.1. The number of esters is 1. The minimum Gasteiger partial charge on any atom is -0.507 e. The third-order valence-electron chi connectivity index (χ3n) is 6.38. The molecule has 1 heterocycles. The molecule has 7 nitrogen and oxygen atoms in total. The van der Waals surface area contributed by atoms with E-state index in [1.165, 1.54) is 11.0 Å². The summed E-state index contributed by atoms with van der Waals surface area (Å²) in [6.45, 7) is 8.71. The van der Waals surface area contributed by atoms with Gasteiger partial charge in [-0.2, -0.15) is 0 Å². The topological polar surface area (TPSA) is 93.1 Å². The lowest BCUT2D eigenvalue weighted by molar-refractivity contribution is -0.132. The average molecular weight is 528 g/mol. The molecule has 0 aliphatic carbocycles. The van der Waals surface area contributed by atoms with Crippen LogP contribution in [0.5, 0.6) is 5.75 Å². The molecule has 1 aliphatic heterocycles. The molecule has 1 saturated heterocycles. The van der Waals surface area contributed by atoms with E-state index in [0.717, 1.165) is 5.56 Å². The number of aryl methyl sites for hydroxylation is 1. The highest BCUT2D eigenvalue weighted by atomic mass is 16.5. The Morgan fingerprint density at radius 2 is 1.72 bits per heavy atom. The van der Waals surface area contributed by atoms with Crippen LogP contribution in [0.3, 0.4) is 0 Å². The number of benzene rings is 3. The van der Waals surface area contributed by atoms with E-state index >= 15 is 0 Å². The number of Topliss-reactive ketones (excluding diaryl/α,β-unsaturated/α-hetero) is 1. The van der Waals surface area contributed by atoms with Gasteiger partial charge in [0.2, 0.25) is 0 Å². The first-order valence-corrected chi connectivity index (χ1v) is 13.1. The smallest absolute Gasteiger partial charge is 0.338 e. The molecule has 202 valence electrons. The lowest BCUT2D eigenvalue weighted by atomic mass is 9.94. The molecule has 1 amide bonds. The minimum atomic E-state index is -0.898. The first-order chi connectivity index (χ1) is 18.7. The summed E-state index contributed by atoms with van der Waals surface area (Å²) in [5.41, 5.74) is 2.43. The Labute approximate surface area is 228 Å². The molecular formula is C32H33NO6. The maximum Gasteiger partial charge on any atom is 0.338 e. The highest BCUT2D eigenvalue weighted by molar-refractivity contribution is 6.51. The standard InChI is InChI=1S/C32H33NO6/c1-5-16-38-32(37)24-12-9-13-25(18-24)33-28(22-10-7-6-8-11-22)27(30(35)31(33)36)29(34)23-14-15-26(21(4)17-23)39-19-20(2)3/h6-15,17-18,20,28,34H,5,16,19H2,1-4H3/b29-27+. The molecule has 0 saturated carbocycles. The molecule has 1 N–H and O–H groups in total. The number of hydrogen-bond donors (Lipinski definition) is 1. The van der Waals surface area contributed by atoms with E-state index in [1.54, 1.807) is 60.7 Å². The van der Waals surface area contributed by atoms with E-state index in [0.29, 0.717) is 41.5 Å². The molecule has 0 spiro atoms. The van der Waals surface area contributed by atoms with Crippen molar-refractivity contribution in [3.63, 3.8) is 0 Å². The molecule has 1 unspecified atom stereocenters. The van der Waals surface area contributed by atoms with Gasteiger partial charge in [0.05, 0.1) is 30.4 Å². The van der Waals surface area contributed by atoms with Crippen molar-refractivity contribution in [3.05, 3.63) is 101 Å². The van der Waals surface area contributed by atoms with Crippen LogP contribution in [0.2, 0.25) is 0 Å². The molecule has 4 rings (SSSR count). The zero-order valence-electron chi connectivity index (χ0n) is 22.6. The van der Waals surface area contributed by atoms with Gasteiger partial charge in [0.1, 0.15) is 11.5 Å². The maximum absolute atomic E-state index is 13.5. The number of rotatable bonds is 9. The molecule has 1 fully saturated rings. The number of carbonyl (C=O) groups excluding carboxylic acids is 3. The molecule has 0 aromatic heterocycles. The monoisotopic (exact) mass is 527 g/mol. The number of ketones is 1. The van der Waals surface area contributed by atoms with Crippen LogP contribution in [0.4, 0.5) is 5.69 Å². The van der Waals surface area contributed by atoms with Gasteiger partial charge >= 0.3 is 5.97 Å². The fourth-order valence-electron chi connectivity index (χ4n) is 4.48. The van der Waals surface area contributed by atoms with Gasteiger partial charge in [-0.25, -0.2) is 4.79 Å². The van der Waals surface area contributed by atoms with E-state index < -0.39 is 23.7 Å². The number of ether oxygens (including phenoxy) is 2. The third kappa shape index (κ3) is 5.87. The lowest BCUT2D eigenvalue weighted by Gasteiger charge is -2.25. The molecule has 39 heavy (non-hydrogen) atoms. The Bertz CT molecular complexity index is 1410. The van der Waals surface area contributed by atoms with Gasteiger partial charge in [0.15, 0.2) is 0 Å². The first-order valence-electron chi connectivity index (χ1n) is 13.1. The second-order valence-electron chi connectivity index (χ2n) is 9.95. The zero-order chi connectivity index (χ0) is 28.1. The number of amides is 1. The molecule has 1 atom stereocenters. The molecule has 3 aromatic rings. The summed E-state index contributed by atoms with van der Waals surface area (Å²) in [5.74, 6) is -1.35. The first kappa shape index (κ1) is 27.6. The van der Waals surface area contributed by atoms with E-state index in [-0.39, 0.29) is 23.5 Å². The van der Waals surface area contributed by atoms with Gasteiger partial charge < -0.3 is 14.6 Å². The van der Waals surface area contributed by atoms with Crippen molar-refractivity contribution in [3.8, 4) is 5.75 Å². The summed E-state index contributed by atoms with van der Waals surface area (Å²) in [4.78, 5) is 40.7. The van der Waals surface area contributed by atoms with Crippen LogP contribution in [0.25, 0.3) is 5.76 Å². The van der Waals surface area contributed by atoms with Crippen LogP contribution in [-0.2, 0) is 14.3 Å². The molecule has 0 radical (unpaired) electrons. The van der Waals surface area contributed by atoms with Crippen LogP contribution in [0.15, 0.2) is 78.4 Å². The van der Waals surface area contributed by atoms with Crippen molar-refractivity contribution in [2.45, 2.75) is 40.2 Å². The number of hydrogen-bond acceptors (Lipinski definition) is 6. The summed E-state index contributed by atoms with van der Waals surface area (Å²) >= 11 is 0. The van der Waals surface area contributed by atoms with Gasteiger partial charge in [-0.1, -0.05) is 57.2 Å². The average Bonchev–Trinajstić information content (AvgIpc) is 3.21. The van der Waals surface area contributed by atoms with Gasteiger partial charge in [0.25, 0.3) is 11.7 Å². The predicted molar refractivity (Wildman–Crippen MR) is 150 cm³/mol. The largest absolute Gasteiger partial charge is 0.507 e. The second kappa shape index (κ2) is 12.0. The normalized spacial score (nSPS) is 16.5. The lowest BCUT2D eigenvalue weighted by Crippen LogP contribution is -2.29. The predicted octanol–water partition coefficient (Wildman–Crippen LogP) is 6.22. The van der Waals surface area contributed by atoms with Crippen molar-refractivity contribution in [1.82, 2.24) is 0 Å². The third-order valence-corrected chi connectivity index (χ3v) is 6.38. The summed E-state index contributed by atoms with van der Waals surface area (Å²) in [6, 6.07) is 19.7. The Hall–Kier alpha value is -4.39. The quantitative estimate of drug-likeness (QED) is 0.154. The number of nitrogens with zero attached hydrogens (tertiary/aromatic N) is 1.